The van der Waals surface area contributed by atoms with Crippen LogP contribution in [0.25, 0.3) is 0 Å². The maximum absolute atomic E-state index is 14.5. The number of carbonyl (C=O) groups excluding carboxylic acids is 2. The molecule has 3 aromatic rings. The van der Waals surface area contributed by atoms with Gasteiger partial charge in [0.25, 0.3) is 0 Å². The van der Waals surface area contributed by atoms with Gasteiger partial charge in [-0.15, -0.1) is 0 Å². The number of nitrogens with zero attached hydrogens (tertiary/aromatic N) is 1. The van der Waals surface area contributed by atoms with Gasteiger partial charge in [-0.25, -0.2) is 0 Å². The van der Waals surface area contributed by atoms with E-state index >= 15 is 0 Å². The fourth-order valence-electron chi connectivity index (χ4n) is 6.61. The molecule has 2 amide bonds. The Balaban J connectivity index is 1.50. The number of carbonyl (C=O) groups is 3. The normalized spacial score (nSPS) is 21.3. The van der Waals surface area contributed by atoms with Crippen LogP contribution in [0, 0.1) is 11.8 Å². The minimum Gasteiger partial charge on any atom is -0.487 e. The van der Waals surface area contributed by atoms with E-state index in [0.29, 0.717) is 35.9 Å². The number of benzene rings is 3. The van der Waals surface area contributed by atoms with Crippen LogP contribution < -0.4 is 10.1 Å². The number of carboxylic acids is 1. The molecule has 1 saturated heterocycles. The molecule has 2 heterocycles. The monoisotopic (exact) mass is 666 g/mol. The molecular formula is C36H40Cl2N2O6. The maximum atomic E-state index is 14.5. The number of aliphatic carboxylic acids is 1. The number of carboxylic acid groups (broad SMARTS) is 1. The molecule has 2 aliphatic heterocycles. The van der Waals surface area contributed by atoms with Crippen LogP contribution in [-0.4, -0.2) is 52.6 Å². The molecule has 0 aliphatic carbocycles. The molecule has 2 N–H and O–H groups in total. The van der Waals surface area contributed by atoms with Crippen LogP contribution in [0.2, 0.25) is 10.0 Å². The fraction of sp³-hybridized carbons (Fsp3) is 0.417. The van der Waals surface area contributed by atoms with Crippen LogP contribution in [0.15, 0.2) is 66.7 Å². The summed E-state index contributed by atoms with van der Waals surface area (Å²) in [6.45, 7) is 6.33. The van der Waals surface area contributed by atoms with Gasteiger partial charge in [-0.1, -0.05) is 53.5 Å². The average Bonchev–Trinajstić information content (AvgIpc) is 2.98. The van der Waals surface area contributed by atoms with Crippen LogP contribution in [0.4, 0.5) is 0 Å². The molecule has 0 spiro atoms. The molecule has 0 bridgehead atoms. The second kappa shape index (κ2) is 14.4. The molecule has 10 heteroatoms. The molecule has 1 fully saturated rings. The molecular weight excluding hydrogens is 627 g/mol. The Morgan fingerprint density at radius 2 is 1.67 bits per heavy atom. The third kappa shape index (κ3) is 8.21. The lowest BCUT2D eigenvalue weighted by molar-refractivity contribution is -0.184. The SMILES string of the molecule is CC(=O)NCCc1ccc2c(c1)[C@@H]1O[C@H](Cc3cccc(Cl)c3)[C@H](C(=O)N(CCC(=O)O)Cc3cccc(Cl)c3)C[C@H]1C(C)(C)O2. The number of halogens is 2. The first kappa shape index (κ1) is 33.8. The van der Waals surface area contributed by atoms with E-state index in [1.54, 1.807) is 17.0 Å². The third-order valence-electron chi connectivity index (χ3n) is 8.89. The van der Waals surface area contributed by atoms with Crippen molar-refractivity contribution in [2.75, 3.05) is 13.1 Å². The highest BCUT2D eigenvalue weighted by molar-refractivity contribution is 6.30. The van der Waals surface area contributed by atoms with Crippen molar-refractivity contribution in [2.45, 2.75) is 70.8 Å². The van der Waals surface area contributed by atoms with Gasteiger partial charge in [0.2, 0.25) is 11.8 Å². The Hall–Kier alpha value is -3.59. The van der Waals surface area contributed by atoms with Crippen molar-refractivity contribution >= 4 is 41.0 Å². The average molecular weight is 668 g/mol. The molecule has 0 aromatic heterocycles. The third-order valence-corrected chi connectivity index (χ3v) is 9.36. The summed E-state index contributed by atoms with van der Waals surface area (Å²) in [7, 11) is 0. The van der Waals surface area contributed by atoms with Gasteiger partial charge in [0, 0.05) is 48.1 Å². The summed E-state index contributed by atoms with van der Waals surface area (Å²) < 4.78 is 13.5. The first-order valence-electron chi connectivity index (χ1n) is 15.6. The zero-order valence-corrected chi connectivity index (χ0v) is 27.8. The molecule has 0 radical (unpaired) electrons. The summed E-state index contributed by atoms with van der Waals surface area (Å²) >= 11 is 12.6. The first-order valence-corrected chi connectivity index (χ1v) is 16.4. The van der Waals surface area contributed by atoms with Crippen molar-refractivity contribution in [3.05, 3.63) is 99.0 Å². The summed E-state index contributed by atoms with van der Waals surface area (Å²) in [6, 6.07) is 20.8. The molecule has 5 rings (SSSR count). The molecule has 2 aliphatic rings. The summed E-state index contributed by atoms with van der Waals surface area (Å²) in [5.41, 5.74) is 3.08. The van der Waals surface area contributed by atoms with Crippen LogP contribution in [0.5, 0.6) is 5.75 Å². The highest BCUT2D eigenvalue weighted by Crippen LogP contribution is 2.52. The smallest absolute Gasteiger partial charge is 0.305 e. The van der Waals surface area contributed by atoms with E-state index < -0.39 is 23.6 Å². The first-order chi connectivity index (χ1) is 21.9. The predicted octanol–water partition coefficient (Wildman–Crippen LogP) is 6.65. The predicted molar refractivity (Wildman–Crippen MR) is 177 cm³/mol. The largest absolute Gasteiger partial charge is 0.487 e. The molecule has 0 unspecified atom stereocenters. The van der Waals surface area contributed by atoms with E-state index in [-0.39, 0.29) is 43.3 Å². The van der Waals surface area contributed by atoms with Gasteiger partial charge < -0.3 is 24.8 Å². The van der Waals surface area contributed by atoms with E-state index in [1.807, 2.05) is 62.4 Å². The quantitative estimate of drug-likeness (QED) is 0.237. The number of ether oxygens (including phenoxy) is 2. The summed E-state index contributed by atoms with van der Waals surface area (Å²) in [6.07, 6.45) is 0.549. The van der Waals surface area contributed by atoms with Crippen molar-refractivity contribution in [1.29, 1.82) is 0 Å². The van der Waals surface area contributed by atoms with Gasteiger partial charge in [0.05, 0.1) is 24.5 Å². The lowest BCUT2D eigenvalue weighted by Gasteiger charge is -2.51. The van der Waals surface area contributed by atoms with Crippen molar-refractivity contribution < 1.29 is 29.0 Å². The van der Waals surface area contributed by atoms with Gasteiger partial charge in [0.1, 0.15) is 11.4 Å². The van der Waals surface area contributed by atoms with Crippen LogP contribution in [-0.2, 0) is 38.5 Å². The van der Waals surface area contributed by atoms with Crippen LogP contribution >= 0.6 is 23.2 Å². The Morgan fingerprint density at radius 1 is 0.978 bits per heavy atom. The minimum absolute atomic E-state index is 0.0511. The second-order valence-electron chi connectivity index (χ2n) is 12.7. The van der Waals surface area contributed by atoms with Crippen LogP contribution in [0.3, 0.4) is 0 Å². The lowest BCUT2D eigenvalue weighted by Crippen LogP contribution is -2.54. The molecule has 3 aromatic carbocycles. The van der Waals surface area contributed by atoms with E-state index in [2.05, 4.69) is 11.4 Å². The molecule has 0 saturated carbocycles. The van der Waals surface area contributed by atoms with Gasteiger partial charge in [-0.05, 0) is 86.2 Å². The molecule has 4 atom stereocenters. The Bertz CT molecular complexity index is 1590. The van der Waals surface area contributed by atoms with Gasteiger partial charge in [-0.3, -0.25) is 14.4 Å². The number of hydrogen-bond acceptors (Lipinski definition) is 5. The van der Waals surface area contributed by atoms with Gasteiger partial charge in [-0.2, -0.15) is 0 Å². The van der Waals surface area contributed by atoms with Crippen molar-refractivity contribution in [3.63, 3.8) is 0 Å². The van der Waals surface area contributed by atoms with Gasteiger partial charge in [0.15, 0.2) is 0 Å². The second-order valence-corrected chi connectivity index (χ2v) is 13.6. The fourth-order valence-corrected chi connectivity index (χ4v) is 7.04. The Labute approximate surface area is 280 Å². The Morgan fingerprint density at radius 3 is 2.35 bits per heavy atom. The van der Waals surface area contributed by atoms with Crippen molar-refractivity contribution in [2.24, 2.45) is 11.8 Å². The summed E-state index contributed by atoms with van der Waals surface area (Å²) in [4.78, 5) is 39.2. The van der Waals surface area contributed by atoms with E-state index in [4.69, 9.17) is 32.7 Å². The number of amides is 2. The number of fused-ring (bicyclic) bond motifs is 3. The van der Waals surface area contributed by atoms with E-state index in [0.717, 1.165) is 28.0 Å². The molecule has 244 valence electrons. The summed E-state index contributed by atoms with van der Waals surface area (Å²) in [5, 5.41) is 13.5. The summed E-state index contributed by atoms with van der Waals surface area (Å²) in [5.74, 6) is -1.22. The van der Waals surface area contributed by atoms with Crippen molar-refractivity contribution in [1.82, 2.24) is 10.2 Å². The van der Waals surface area contributed by atoms with Crippen molar-refractivity contribution in [3.8, 4) is 5.75 Å². The lowest BCUT2D eigenvalue weighted by atomic mass is 9.70. The standard InChI is InChI=1S/C36H40Cl2N2O6/c1-22(41)39-14-12-23-10-11-31-28(18-23)34-30(36(2,3)46-31)20-29(32(45-34)19-24-6-4-8-26(37)16-24)35(44)40(15-13-33(42)43)21-25-7-5-9-27(38)17-25/h4-11,16-18,29-30,32,34H,12-15,19-21H2,1-3H3,(H,39,41)(H,42,43)/t29-,30-,32-,34+/m1/s1. The maximum Gasteiger partial charge on any atom is 0.305 e. The Kier molecular flexibility index (Phi) is 10.6. The minimum atomic E-state index is -0.980. The highest BCUT2D eigenvalue weighted by atomic mass is 35.5. The topological polar surface area (TPSA) is 105 Å². The highest BCUT2D eigenvalue weighted by Gasteiger charge is 2.52. The zero-order chi connectivity index (χ0) is 33.0. The number of rotatable bonds is 11. The van der Waals surface area contributed by atoms with E-state index in [1.165, 1.54) is 6.92 Å². The molecule has 8 nitrogen and oxygen atoms in total. The number of hydrogen-bond donors (Lipinski definition) is 2. The van der Waals surface area contributed by atoms with E-state index in [9.17, 15) is 19.5 Å². The van der Waals surface area contributed by atoms with Crippen LogP contribution in [0.1, 0.15) is 62.0 Å². The molecule has 46 heavy (non-hydrogen) atoms. The zero-order valence-electron chi connectivity index (χ0n) is 26.3. The van der Waals surface area contributed by atoms with Gasteiger partial charge >= 0.3 is 5.97 Å². The number of nitrogens with one attached hydrogen (secondary N) is 1.